The number of benzene rings is 1. The molecule has 17 nitrogen and oxygen atoms in total. The highest BCUT2D eigenvalue weighted by Gasteiger charge is 2.59. The fourth-order valence-corrected chi connectivity index (χ4v) is 8.57. The molecule has 5 N–H and O–H groups in total. The number of amides is 2. The summed E-state index contributed by atoms with van der Waals surface area (Å²) < 4.78 is 40.8. The highest BCUT2D eigenvalue weighted by molar-refractivity contribution is 6.47. The molecular weight excluding hydrogens is 833 g/mol. The number of fused-ring (bicyclic) bond motifs is 3. The maximum absolute atomic E-state index is 13.7. The van der Waals surface area contributed by atoms with Crippen LogP contribution >= 0.6 is 11.6 Å². The highest BCUT2D eigenvalue weighted by Crippen LogP contribution is 2.53. The van der Waals surface area contributed by atoms with Crippen LogP contribution in [0.3, 0.4) is 0 Å². The van der Waals surface area contributed by atoms with Gasteiger partial charge in [-0.05, 0) is 48.1 Å². The monoisotopic (exact) mass is 872 g/mol. The molecule has 3 fully saturated rings. The van der Waals surface area contributed by atoms with E-state index in [0.717, 1.165) is 12.6 Å². The number of aromatic nitrogens is 5. The van der Waals surface area contributed by atoms with E-state index in [1.807, 2.05) is 6.07 Å². The Morgan fingerprint density at radius 2 is 1.40 bits per heavy atom. The molecule has 5 aliphatic rings. The molecule has 0 bridgehead atoms. The summed E-state index contributed by atoms with van der Waals surface area (Å²) in [6.07, 6.45) is 1.10. The van der Waals surface area contributed by atoms with Crippen LogP contribution in [0.5, 0.6) is 0 Å². The van der Waals surface area contributed by atoms with Crippen LogP contribution < -0.4 is 10.6 Å². The second-order valence-corrected chi connectivity index (χ2v) is 16.2. The minimum absolute atomic E-state index is 0.0259. The van der Waals surface area contributed by atoms with E-state index in [9.17, 15) is 43.3 Å². The molecule has 62 heavy (non-hydrogen) atoms. The van der Waals surface area contributed by atoms with E-state index >= 15 is 0 Å². The van der Waals surface area contributed by atoms with Gasteiger partial charge in [0.05, 0.1) is 77.7 Å². The molecule has 0 unspecified atom stereocenters. The predicted molar refractivity (Wildman–Crippen MR) is 216 cm³/mol. The van der Waals surface area contributed by atoms with Crippen LogP contribution in [0.2, 0.25) is 5.15 Å². The lowest BCUT2D eigenvalue weighted by molar-refractivity contribution is -0.124. The van der Waals surface area contributed by atoms with E-state index in [2.05, 4.69) is 45.5 Å². The Morgan fingerprint density at radius 1 is 0.806 bits per heavy atom. The molecule has 4 aromatic rings. The van der Waals surface area contributed by atoms with E-state index in [4.69, 9.17) is 11.6 Å². The van der Waals surface area contributed by atoms with Crippen LogP contribution in [0.25, 0.3) is 0 Å². The number of aliphatic hydroxyl groups excluding tert-OH is 3. The lowest BCUT2D eigenvalue weighted by atomic mass is 10.1. The van der Waals surface area contributed by atoms with Gasteiger partial charge in [-0.3, -0.25) is 19.6 Å². The molecule has 0 saturated heterocycles. The van der Waals surface area contributed by atoms with Gasteiger partial charge in [0.25, 0.3) is 11.8 Å². The molecule has 0 spiro atoms. The Bertz CT molecular complexity index is 2540. The summed E-state index contributed by atoms with van der Waals surface area (Å²) in [5.41, 5.74) is 3.38. The second-order valence-electron chi connectivity index (χ2n) is 15.9. The van der Waals surface area contributed by atoms with Crippen molar-refractivity contribution in [3.63, 3.8) is 0 Å². The van der Waals surface area contributed by atoms with Gasteiger partial charge in [0.15, 0.2) is 0 Å². The zero-order chi connectivity index (χ0) is 44.0. The highest BCUT2D eigenvalue weighted by atomic mass is 35.5. The lowest BCUT2D eigenvalue weighted by Crippen LogP contribution is -2.39. The van der Waals surface area contributed by atoms with E-state index in [0.29, 0.717) is 50.8 Å². The van der Waals surface area contributed by atoms with Crippen LogP contribution in [-0.4, -0.2) is 124 Å². The average Bonchev–Trinajstić information content (AvgIpc) is 3.45. The number of nitrogens with zero attached hydrogens (tertiary/aromatic N) is 10. The van der Waals surface area contributed by atoms with Crippen LogP contribution in [0, 0.1) is 34.8 Å². The smallest absolute Gasteiger partial charge is 0.272 e. The number of aliphatic hydroxyl groups is 3. The van der Waals surface area contributed by atoms with Crippen molar-refractivity contribution in [2.45, 2.75) is 82.0 Å². The molecule has 3 aliphatic carbocycles. The topological polar surface area (TPSA) is 238 Å². The Hall–Kier alpha value is -6.14. The summed E-state index contributed by atoms with van der Waals surface area (Å²) >= 11 is 6.00. The number of rotatable bonds is 10. The van der Waals surface area contributed by atoms with Crippen LogP contribution in [0.4, 0.5) is 24.8 Å². The number of anilines is 2. The standard InChI is InChI=1S/C22H21FN6O3.C19H19ClF2N6O2/c1-29(8-11-4-12(23)3-2-10(11)6-24)22(32)18-16-15(7-25-18)26-9-27-21(16)28-17-13-5-14(13)19(30)20(17)31;1-28(7-9-2-11(22)5-24-17(9)20)19(30)16-15-13(6-23-16)25-8-26-18(15)27-12-3-10(21)4-14(12)29/h2-4,9,13-14,17,19-20,30-31H,5,7-8H2,1H3,(H,26,27,28);2,5,8,10,12,14,29H,3-4,6-7H2,1H3,(H,25,26,27)/t13-,14+,17+,19+,20-;10-,12-,14-/m01/s1. The first kappa shape index (κ1) is 42.5. The number of likely N-dealkylation sites (N-methyl/N-ethyl adjacent to an activating group) is 2. The fraction of sp³-hybridized carbons (Fsp3) is 0.415. The summed E-state index contributed by atoms with van der Waals surface area (Å²) in [7, 11) is 3.09. The van der Waals surface area contributed by atoms with Gasteiger partial charge in [0, 0.05) is 45.6 Å². The first-order valence-electron chi connectivity index (χ1n) is 19.7. The number of pyridine rings is 1. The SMILES string of the molecule is CN(Cc1cc(F)ccc1C#N)C(=O)C1=NCc2ncnc(N[C@H]3[C@H](O)[C@H](O)[C@@H]4C[C@@H]43)c21.CN(Cc1cc(F)cnc1Cl)C(=O)C1=NCc2ncnc(N[C@@H]3C[C@@H](F)C[C@H]3O)c21. The van der Waals surface area contributed by atoms with Gasteiger partial charge in [0.1, 0.15) is 64.8 Å². The number of hydrogen-bond donors (Lipinski definition) is 5. The number of aliphatic imine (C=N–C) groups is 2. The minimum Gasteiger partial charge on any atom is -0.391 e. The molecule has 2 amide bonds. The van der Waals surface area contributed by atoms with Crippen molar-refractivity contribution in [3.8, 4) is 6.07 Å². The van der Waals surface area contributed by atoms with Gasteiger partial charge in [-0.25, -0.2) is 38.1 Å². The van der Waals surface area contributed by atoms with E-state index in [1.54, 1.807) is 7.05 Å². The maximum atomic E-state index is 13.7. The average molecular weight is 873 g/mol. The van der Waals surface area contributed by atoms with Crippen molar-refractivity contribution < 1.29 is 38.1 Å². The number of nitriles is 1. The Kier molecular flexibility index (Phi) is 11.9. The number of hydrogen-bond acceptors (Lipinski definition) is 15. The summed E-state index contributed by atoms with van der Waals surface area (Å²) in [6, 6.07) is 6.16. The van der Waals surface area contributed by atoms with Gasteiger partial charge < -0.3 is 35.8 Å². The van der Waals surface area contributed by atoms with Gasteiger partial charge >= 0.3 is 0 Å². The molecule has 3 aromatic heterocycles. The molecule has 8 atom stereocenters. The first-order valence-corrected chi connectivity index (χ1v) is 20.1. The summed E-state index contributed by atoms with van der Waals surface area (Å²) in [5.74, 6) is -0.934. The van der Waals surface area contributed by atoms with E-state index in [1.165, 1.54) is 53.8 Å². The Labute approximate surface area is 357 Å². The third-order valence-corrected chi connectivity index (χ3v) is 12.0. The normalized spacial score (nSPS) is 25.0. The zero-order valence-corrected chi connectivity index (χ0v) is 34.0. The third kappa shape index (κ3) is 8.40. The van der Waals surface area contributed by atoms with Gasteiger partial charge in [-0.2, -0.15) is 5.26 Å². The molecule has 5 heterocycles. The van der Waals surface area contributed by atoms with Gasteiger partial charge in [0.2, 0.25) is 0 Å². The molecular formula is C41H40ClF3N12O5. The predicted octanol–water partition coefficient (Wildman–Crippen LogP) is 2.50. The number of nitrogens with one attached hydrogen (secondary N) is 2. The van der Waals surface area contributed by atoms with E-state index < -0.39 is 54.0 Å². The molecule has 322 valence electrons. The van der Waals surface area contributed by atoms with Crippen molar-refractivity contribution in [2.75, 3.05) is 24.7 Å². The molecule has 3 saturated carbocycles. The van der Waals surface area contributed by atoms with Gasteiger partial charge in [-0.15, -0.1) is 0 Å². The fourth-order valence-electron chi connectivity index (χ4n) is 8.41. The number of alkyl halides is 1. The molecule has 9 rings (SSSR count). The molecule has 1 aromatic carbocycles. The summed E-state index contributed by atoms with van der Waals surface area (Å²) in [4.78, 5) is 58.3. The van der Waals surface area contributed by atoms with Crippen molar-refractivity contribution in [3.05, 3.63) is 99.1 Å². The molecule has 2 aliphatic heterocycles. The van der Waals surface area contributed by atoms with Gasteiger partial charge in [-0.1, -0.05) is 11.6 Å². The quantitative estimate of drug-likeness (QED) is 0.144. The Balaban J connectivity index is 0.000000171. The Morgan fingerprint density at radius 3 is 1.97 bits per heavy atom. The van der Waals surface area contributed by atoms with Crippen molar-refractivity contribution in [1.29, 1.82) is 5.26 Å². The zero-order valence-electron chi connectivity index (χ0n) is 33.3. The van der Waals surface area contributed by atoms with Crippen LogP contribution in [0.1, 0.15) is 58.5 Å². The summed E-state index contributed by atoms with van der Waals surface area (Å²) in [5, 5.41) is 46.1. The van der Waals surface area contributed by atoms with E-state index in [-0.39, 0.29) is 73.5 Å². The van der Waals surface area contributed by atoms with Crippen LogP contribution in [0.15, 0.2) is 53.1 Å². The van der Waals surface area contributed by atoms with Crippen LogP contribution in [-0.2, 0) is 35.8 Å². The third-order valence-electron chi connectivity index (χ3n) is 11.7. The number of carbonyl (C=O) groups excluding carboxylic acids is 2. The number of carbonyl (C=O) groups is 2. The summed E-state index contributed by atoms with van der Waals surface area (Å²) in [6.45, 7) is 0.467. The minimum atomic E-state index is -1.10. The lowest BCUT2D eigenvalue weighted by Gasteiger charge is -2.24. The largest absolute Gasteiger partial charge is 0.391 e. The number of halogens is 4. The second kappa shape index (κ2) is 17.3. The molecule has 21 heteroatoms. The van der Waals surface area contributed by atoms with Crippen molar-refractivity contribution >= 4 is 46.5 Å². The maximum Gasteiger partial charge on any atom is 0.272 e. The first-order chi connectivity index (χ1) is 29.7. The molecule has 0 radical (unpaired) electrons. The van der Waals surface area contributed by atoms with Crippen molar-refractivity contribution in [1.82, 2.24) is 34.7 Å². The van der Waals surface area contributed by atoms with Crippen molar-refractivity contribution in [2.24, 2.45) is 21.8 Å².